The molecule has 118 valence electrons. The van der Waals surface area contributed by atoms with E-state index in [0.29, 0.717) is 5.76 Å². The lowest BCUT2D eigenvalue weighted by molar-refractivity contribution is -0.139. The molecule has 5 heteroatoms. The minimum absolute atomic E-state index is 0.0567. The summed E-state index contributed by atoms with van der Waals surface area (Å²) in [6.45, 7) is -0.0567. The number of ether oxygens (including phenoxy) is 1. The maximum atomic E-state index is 11.4. The van der Waals surface area contributed by atoms with Crippen molar-refractivity contribution in [1.29, 1.82) is 0 Å². The van der Waals surface area contributed by atoms with Crippen LogP contribution in [0.2, 0.25) is 0 Å². The summed E-state index contributed by atoms with van der Waals surface area (Å²) in [4.78, 5) is 15.4. The van der Waals surface area contributed by atoms with Crippen LogP contribution in [-0.4, -0.2) is 29.8 Å². The molecule has 3 rings (SSSR count). The third kappa shape index (κ3) is 3.24. The molecule has 2 heterocycles. The number of carbonyl (C=O) groups excluding carboxylic acids is 1. The summed E-state index contributed by atoms with van der Waals surface area (Å²) >= 11 is 0. The number of nitrogens with zero attached hydrogens (tertiary/aromatic N) is 1. The molecule has 0 radical (unpaired) electrons. The number of aliphatic hydroxyl groups is 1. The van der Waals surface area contributed by atoms with Gasteiger partial charge in [-0.1, -0.05) is 6.07 Å². The molecule has 1 aromatic carbocycles. The Labute approximate surface area is 133 Å². The van der Waals surface area contributed by atoms with E-state index < -0.39 is 0 Å². The number of aromatic nitrogens is 1. The van der Waals surface area contributed by atoms with Gasteiger partial charge in [-0.15, -0.1) is 0 Å². The molecule has 0 fully saturated rings. The third-order valence-corrected chi connectivity index (χ3v) is 3.81. The fourth-order valence-electron chi connectivity index (χ4n) is 2.59. The van der Waals surface area contributed by atoms with Crippen LogP contribution in [0.15, 0.2) is 53.2 Å². The number of benzene rings is 1. The van der Waals surface area contributed by atoms with Crippen LogP contribution in [0.25, 0.3) is 11.0 Å². The van der Waals surface area contributed by atoms with E-state index >= 15 is 0 Å². The van der Waals surface area contributed by atoms with Crippen molar-refractivity contribution in [2.45, 2.75) is 12.3 Å². The maximum Gasteiger partial charge on any atom is 0.309 e. The minimum Gasteiger partial charge on any atom is -0.469 e. The Morgan fingerprint density at radius 2 is 2.04 bits per heavy atom. The number of rotatable bonds is 5. The zero-order valence-corrected chi connectivity index (χ0v) is 12.7. The van der Waals surface area contributed by atoms with E-state index in [9.17, 15) is 9.90 Å². The van der Waals surface area contributed by atoms with E-state index in [0.717, 1.165) is 22.1 Å². The average Bonchev–Trinajstić information content (AvgIpc) is 2.99. The third-order valence-electron chi connectivity index (χ3n) is 3.81. The zero-order valence-electron chi connectivity index (χ0n) is 12.7. The predicted octanol–water partition coefficient (Wildman–Crippen LogP) is 2.67. The van der Waals surface area contributed by atoms with Gasteiger partial charge in [0.1, 0.15) is 11.3 Å². The number of aliphatic hydroxyl groups excluding tert-OH is 1. The van der Waals surface area contributed by atoms with Crippen molar-refractivity contribution < 1.29 is 19.1 Å². The van der Waals surface area contributed by atoms with Crippen LogP contribution in [0.5, 0.6) is 0 Å². The van der Waals surface area contributed by atoms with Gasteiger partial charge in [-0.3, -0.25) is 9.78 Å². The van der Waals surface area contributed by atoms with Crippen molar-refractivity contribution >= 4 is 16.9 Å². The first-order valence-electron chi connectivity index (χ1n) is 7.31. The molecule has 0 aliphatic rings. The lowest BCUT2D eigenvalue weighted by Crippen LogP contribution is -2.04. The van der Waals surface area contributed by atoms with E-state index in [2.05, 4.69) is 9.72 Å². The van der Waals surface area contributed by atoms with Gasteiger partial charge < -0.3 is 14.3 Å². The summed E-state index contributed by atoms with van der Waals surface area (Å²) in [7, 11) is 1.37. The number of fused-ring (bicyclic) bond motifs is 1. The largest absolute Gasteiger partial charge is 0.469 e. The number of hydrogen-bond acceptors (Lipinski definition) is 5. The van der Waals surface area contributed by atoms with E-state index in [4.69, 9.17) is 4.42 Å². The minimum atomic E-state index is -0.280. The molecule has 0 bridgehead atoms. The van der Waals surface area contributed by atoms with Gasteiger partial charge in [-0.25, -0.2) is 0 Å². The first-order valence-corrected chi connectivity index (χ1v) is 7.31. The van der Waals surface area contributed by atoms with E-state index in [1.54, 1.807) is 12.4 Å². The summed E-state index contributed by atoms with van der Waals surface area (Å²) in [5.74, 6) is 0.163. The lowest BCUT2D eigenvalue weighted by Gasteiger charge is -2.10. The number of carbonyl (C=O) groups is 1. The fraction of sp³-hybridized carbons (Fsp3) is 0.222. The molecule has 1 N–H and O–H groups in total. The first kappa shape index (κ1) is 15.2. The van der Waals surface area contributed by atoms with Crippen molar-refractivity contribution in [2.24, 2.45) is 0 Å². The van der Waals surface area contributed by atoms with Crippen LogP contribution in [0, 0.1) is 0 Å². The Morgan fingerprint density at radius 1 is 1.26 bits per heavy atom. The topological polar surface area (TPSA) is 72.6 Å². The van der Waals surface area contributed by atoms with Gasteiger partial charge in [0, 0.05) is 17.8 Å². The Hall–Kier alpha value is -2.66. The molecular weight excluding hydrogens is 294 g/mol. The van der Waals surface area contributed by atoms with Crippen molar-refractivity contribution in [3.8, 4) is 0 Å². The molecule has 2 aromatic heterocycles. The second kappa shape index (κ2) is 6.62. The van der Waals surface area contributed by atoms with Gasteiger partial charge in [0.25, 0.3) is 0 Å². The highest BCUT2D eigenvalue weighted by atomic mass is 16.5. The molecule has 0 saturated carbocycles. The van der Waals surface area contributed by atoms with E-state index in [1.165, 1.54) is 7.11 Å². The monoisotopic (exact) mass is 311 g/mol. The predicted molar refractivity (Wildman–Crippen MR) is 85.1 cm³/mol. The summed E-state index contributed by atoms with van der Waals surface area (Å²) in [5.41, 5.74) is 2.53. The molecule has 0 saturated heterocycles. The van der Waals surface area contributed by atoms with Crippen molar-refractivity contribution in [3.05, 3.63) is 65.7 Å². The van der Waals surface area contributed by atoms with Crippen LogP contribution in [0.3, 0.4) is 0 Å². The van der Waals surface area contributed by atoms with Crippen molar-refractivity contribution in [1.82, 2.24) is 4.98 Å². The zero-order chi connectivity index (χ0) is 16.2. The number of hydrogen-bond donors (Lipinski definition) is 1. The van der Waals surface area contributed by atoms with Gasteiger partial charge in [0.2, 0.25) is 0 Å². The highest BCUT2D eigenvalue weighted by molar-refractivity contribution is 5.81. The van der Waals surface area contributed by atoms with Crippen molar-refractivity contribution in [2.75, 3.05) is 13.7 Å². The van der Waals surface area contributed by atoms with Gasteiger partial charge in [-0.05, 0) is 41.5 Å². The Bertz CT molecular complexity index is 810. The number of methoxy groups -OCH3 is 1. The van der Waals surface area contributed by atoms with E-state index in [-0.39, 0.29) is 24.9 Å². The van der Waals surface area contributed by atoms with Crippen LogP contribution < -0.4 is 0 Å². The number of esters is 1. The molecule has 1 atom stereocenters. The second-order valence-corrected chi connectivity index (χ2v) is 5.29. The Balaban J connectivity index is 1.94. The second-order valence-electron chi connectivity index (χ2n) is 5.29. The fourth-order valence-corrected chi connectivity index (χ4v) is 2.59. The van der Waals surface area contributed by atoms with Crippen LogP contribution in [0.4, 0.5) is 0 Å². The van der Waals surface area contributed by atoms with Gasteiger partial charge >= 0.3 is 5.97 Å². The summed E-state index contributed by atoms with van der Waals surface area (Å²) in [6.07, 6.45) is 3.60. The molecule has 1 unspecified atom stereocenters. The van der Waals surface area contributed by atoms with Crippen LogP contribution >= 0.6 is 0 Å². The van der Waals surface area contributed by atoms with Crippen LogP contribution in [-0.2, 0) is 16.0 Å². The molecular formula is C18H17NO4. The lowest BCUT2D eigenvalue weighted by atomic mass is 9.98. The Kier molecular flexibility index (Phi) is 4.39. The Morgan fingerprint density at radius 3 is 2.74 bits per heavy atom. The molecule has 5 nitrogen and oxygen atoms in total. The quantitative estimate of drug-likeness (QED) is 0.733. The summed E-state index contributed by atoms with van der Waals surface area (Å²) in [5, 5.41) is 10.6. The first-order chi connectivity index (χ1) is 11.2. The summed E-state index contributed by atoms with van der Waals surface area (Å²) < 4.78 is 10.5. The maximum absolute atomic E-state index is 11.4. The highest BCUT2D eigenvalue weighted by Gasteiger charge is 2.18. The standard InChI is InChI=1S/C18H17NO4/c1-22-18(21)9-12-2-3-16-14(8-12)10-17(23-16)15(11-20)13-4-6-19-7-5-13/h2-8,10,15,20H,9,11H2,1H3. The number of pyridine rings is 1. The van der Waals surface area contributed by atoms with E-state index in [1.807, 2.05) is 36.4 Å². The molecule has 0 aliphatic carbocycles. The molecule has 3 aromatic rings. The SMILES string of the molecule is COC(=O)Cc1ccc2oc(C(CO)c3ccncc3)cc2c1. The average molecular weight is 311 g/mol. The van der Waals surface area contributed by atoms with Gasteiger partial charge in [0.05, 0.1) is 26.1 Å². The van der Waals surface area contributed by atoms with Gasteiger partial charge in [-0.2, -0.15) is 0 Å². The van der Waals surface area contributed by atoms with Crippen molar-refractivity contribution in [3.63, 3.8) is 0 Å². The normalized spacial score (nSPS) is 12.3. The smallest absolute Gasteiger partial charge is 0.309 e. The molecule has 0 spiro atoms. The van der Waals surface area contributed by atoms with Gasteiger partial charge in [0.15, 0.2) is 0 Å². The molecule has 23 heavy (non-hydrogen) atoms. The molecule has 0 amide bonds. The van der Waals surface area contributed by atoms with Crippen LogP contribution in [0.1, 0.15) is 22.8 Å². The molecule has 0 aliphatic heterocycles. The summed E-state index contributed by atoms with van der Waals surface area (Å²) in [6, 6.07) is 11.2. The highest BCUT2D eigenvalue weighted by Crippen LogP contribution is 2.30. The number of furan rings is 1.